The van der Waals surface area contributed by atoms with Gasteiger partial charge in [-0.1, -0.05) is 72.3 Å². The van der Waals surface area contributed by atoms with E-state index >= 15 is 0 Å². The summed E-state index contributed by atoms with van der Waals surface area (Å²) in [6.07, 6.45) is -1.21. The molecule has 3 aromatic rings. The summed E-state index contributed by atoms with van der Waals surface area (Å²) in [4.78, 5) is 25.7. The van der Waals surface area contributed by atoms with Gasteiger partial charge in [0.25, 0.3) is 0 Å². The second-order valence-corrected chi connectivity index (χ2v) is 8.91. The molecule has 3 rings (SSSR count). The zero-order valence-electron chi connectivity index (χ0n) is 16.6. The van der Waals surface area contributed by atoms with Crippen molar-refractivity contribution in [1.82, 2.24) is 4.72 Å². The average molecular weight is 458 g/mol. The van der Waals surface area contributed by atoms with Crippen molar-refractivity contribution in [1.29, 1.82) is 0 Å². The van der Waals surface area contributed by atoms with Crippen LogP contribution < -0.4 is 4.72 Å². The van der Waals surface area contributed by atoms with Crippen molar-refractivity contribution in [3.8, 4) is 0 Å². The van der Waals surface area contributed by atoms with Crippen LogP contribution in [0.4, 0.5) is 0 Å². The molecule has 1 N–H and O–H groups in total. The van der Waals surface area contributed by atoms with Gasteiger partial charge < -0.3 is 4.74 Å². The van der Waals surface area contributed by atoms with Gasteiger partial charge in [-0.2, -0.15) is 4.72 Å². The second kappa shape index (κ2) is 9.87. The number of ketones is 1. The minimum atomic E-state index is -3.99. The molecule has 0 spiro atoms. The maximum absolute atomic E-state index is 13.0. The molecule has 8 heteroatoms. The van der Waals surface area contributed by atoms with Gasteiger partial charge in [-0.15, -0.1) is 0 Å². The lowest BCUT2D eigenvalue weighted by atomic mass is 10.00. The highest BCUT2D eigenvalue weighted by molar-refractivity contribution is 7.89. The summed E-state index contributed by atoms with van der Waals surface area (Å²) in [6.45, 7) is 1.35. The molecule has 6 nitrogen and oxygen atoms in total. The Bertz CT molecular complexity index is 1150. The number of rotatable bonds is 8. The number of carbonyl (C=O) groups excluding carboxylic acids is 2. The maximum atomic E-state index is 13.0. The Balaban J connectivity index is 1.80. The fourth-order valence-electron chi connectivity index (χ4n) is 2.84. The highest BCUT2D eigenvalue weighted by Crippen LogP contribution is 2.23. The van der Waals surface area contributed by atoms with Crippen molar-refractivity contribution in [3.05, 3.63) is 101 Å². The van der Waals surface area contributed by atoms with Crippen molar-refractivity contribution in [2.24, 2.45) is 0 Å². The fraction of sp³-hybridized carbons (Fsp3) is 0.130. The molecule has 0 aliphatic heterocycles. The summed E-state index contributed by atoms with van der Waals surface area (Å²) in [6, 6.07) is 21.3. The molecule has 0 radical (unpaired) electrons. The number of carbonyl (C=O) groups is 2. The number of benzene rings is 3. The molecule has 0 saturated heterocycles. The van der Waals surface area contributed by atoms with E-state index in [-0.39, 0.29) is 4.90 Å². The molecule has 1 unspecified atom stereocenters. The van der Waals surface area contributed by atoms with E-state index in [1.807, 2.05) is 0 Å². The highest BCUT2D eigenvalue weighted by atomic mass is 35.5. The largest absolute Gasteiger partial charge is 0.448 e. The van der Waals surface area contributed by atoms with E-state index in [0.717, 1.165) is 0 Å². The van der Waals surface area contributed by atoms with Crippen LogP contribution >= 0.6 is 11.6 Å². The molecule has 3 aromatic carbocycles. The van der Waals surface area contributed by atoms with Gasteiger partial charge in [0.05, 0.1) is 4.90 Å². The molecule has 0 amide bonds. The Morgan fingerprint density at radius 3 is 2.00 bits per heavy atom. The molecule has 0 fully saturated rings. The number of nitrogens with one attached hydrogen (secondary N) is 1. The van der Waals surface area contributed by atoms with E-state index < -0.39 is 33.9 Å². The van der Waals surface area contributed by atoms with Crippen LogP contribution in [0.5, 0.6) is 0 Å². The molecule has 31 heavy (non-hydrogen) atoms. The maximum Gasteiger partial charge on any atom is 0.324 e. The Morgan fingerprint density at radius 1 is 0.871 bits per heavy atom. The first-order valence-electron chi connectivity index (χ1n) is 9.40. The minimum absolute atomic E-state index is 0.0449. The number of sulfonamides is 1. The molecular weight excluding hydrogens is 438 g/mol. The summed E-state index contributed by atoms with van der Waals surface area (Å²) >= 11 is 5.79. The van der Waals surface area contributed by atoms with Gasteiger partial charge >= 0.3 is 5.97 Å². The quantitative estimate of drug-likeness (QED) is 0.405. The van der Waals surface area contributed by atoms with Crippen LogP contribution in [0.15, 0.2) is 89.8 Å². The molecule has 0 aliphatic rings. The lowest BCUT2D eigenvalue weighted by molar-refractivity contribution is -0.148. The first kappa shape index (κ1) is 22.7. The first-order chi connectivity index (χ1) is 14.8. The van der Waals surface area contributed by atoms with Gasteiger partial charge in [-0.05, 0) is 31.2 Å². The standard InChI is InChI=1S/C23H20ClNO5S/c1-16(25-31(28,29)20-14-12-19(24)13-15-20)23(27)30-22(18-10-6-3-7-11-18)21(26)17-8-4-2-5-9-17/h2-16,22,25H,1H3/t16-,22?/m0/s1. The van der Waals surface area contributed by atoms with E-state index in [2.05, 4.69) is 4.72 Å². The van der Waals surface area contributed by atoms with Gasteiger partial charge in [0.15, 0.2) is 6.10 Å². The van der Waals surface area contributed by atoms with Gasteiger partial charge in [-0.3, -0.25) is 9.59 Å². The molecule has 0 aromatic heterocycles. The monoisotopic (exact) mass is 457 g/mol. The number of Topliss-reactive ketones (excluding diaryl/α,β-unsaturated/α-hetero) is 1. The molecule has 0 heterocycles. The third-order valence-electron chi connectivity index (χ3n) is 4.44. The zero-order valence-corrected chi connectivity index (χ0v) is 18.1. The summed E-state index contributed by atoms with van der Waals surface area (Å²) in [7, 11) is -3.99. The predicted octanol–water partition coefficient (Wildman–Crippen LogP) is 4.17. The van der Waals surface area contributed by atoms with E-state index in [1.165, 1.54) is 31.2 Å². The van der Waals surface area contributed by atoms with Gasteiger partial charge in [-0.25, -0.2) is 8.42 Å². The third kappa shape index (κ3) is 5.79. The summed E-state index contributed by atoms with van der Waals surface area (Å²) < 4.78 is 32.8. The summed E-state index contributed by atoms with van der Waals surface area (Å²) in [5.41, 5.74) is 0.857. The molecule has 0 saturated carbocycles. The van der Waals surface area contributed by atoms with Crippen molar-refractivity contribution < 1.29 is 22.7 Å². The zero-order chi connectivity index (χ0) is 22.4. The van der Waals surface area contributed by atoms with Crippen LogP contribution in [0.25, 0.3) is 0 Å². The number of halogens is 1. The smallest absolute Gasteiger partial charge is 0.324 e. The van der Waals surface area contributed by atoms with E-state index in [0.29, 0.717) is 16.1 Å². The lowest BCUT2D eigenvalue weighted by Crippen LogP contribution is -2.40. The van der Waals surface area contributed by atoms with Crippen molar-refractivity contribution in [2.45, 2.75) is 24.0 Å². The van der Waals surface area contributed by atoms with Gasteiger partial charge in [0, 0.05) is 16.1 Å². The summed E-state index contributed by atoms with van der Waals surface area (Å²) in [5, 5.41) is 0.386. The Morgan fingerprint density at radius 2 is 1.42 bits per heavy atom. The highest BCUT2D eigenvalue weighted by Gasteiger charge is 2.30. The number of hydrogen-bond donors (Lipinski definition) is 1. The molecule has 160 valence electrons. The van der Waals surface area contributed by atoms with Crippen molar-refractivity contribution in [3.63, 3.8) is 0 Å². The number of hydrogen-bond acceptors (Lipinski definition) is 5. The topological polar surface area (TPSA) is 89.5 Å². The van der Waals surface area contributed by atoms with E-state index in [4.69, 9.17) is 16.3 Å². The SMILES string of the molecule is C[C@H](NS(=O)(=O)c1ccc(Cl)cc1)C(=O)OC(C(=O)c1ccccc1)c1ccccc1. The Labute approximate surface area is 185 Å². The second-order valence-electron chi connectivity index (χ2n) is 6.75. The first-order valence-corrected chi connectivity index (χ1v) is 11.3. The lowest BCUT2D eigenvalue weighted by Gasteiger charge is -2.20. The van der Waals surface area contributed by atoms with Gasteiger partial charge in [0.1, 0.15) is 6.04 Å². The number of esters is 1. The normalized spacial score (nSPS) is 13.2. The minimum Gasteiger partial charge on any atom is -0.448 e. The van der Waals surface area contributed by atoms with Crippen LogP contribution in [0.2, 0.25) is 5.02 Å². The molecule has 0 bridgehead atoms. The molecule has 0 aliphatic carbocycles. The molecular formula is C23H20ClNO5S. The van der Waals surface area contributed by atoms with E-state index in [9.17, 15) is 18.0 Å². The van der Waals surface area contributed by atoms with E-state index in [1.54, 1.807) is 60.7 Å². The molecule has 2 atom stereocenters. The van der Waals surface area contributed by atoms with Crippen molar-refractivity contribution >= 4 is 33.4 Å². The van der Waals surface area contributed by atoms with Gasteiger partial charge in [0.2, 0.25) is 15.8 Å². The van der Waals surface area contributed by atoms with Crippen LogP contribution in [0.3, 0.4) is 0 Å². The predicted molar refractivity (Wildman–Crippen MR) is 117 cm³/mol. The van der Waals surface area contributed by atoms with Crippen LogP contribution in [-0.2, 0) is 19.6 Å². The van der Waals surface area contributed by atoms with Crippen LogP contribution in [0, 0.1) is 0 Å². The average Bonchev–Trinajstić information content (AvgIpc) is 2.78. The number of ether oxygens (including phenoxy) is 1. The Kier molecular flexibility index (Phi) is 7.22. The fourth-order valence-corrected chi connectivity index (χ4v) is 4.15. The third-order valence-corrected chi connectivity index (χ3v) is 6.25. The van der Waals surface area contributed by atoms with Crippen molar-refractivity contribution in [2.75, 3.05) is 0 Å². The summed E-state index contributed by atoms with van der Waals surface area (Å²) in [5.74, 6) is -1.29. The van der Waals surface area contributed by atoms with Crippen LogP contribution in [0.1, 0.15) is 28.9 Å². The Hall–Kier alpha value is -3.00. The van der Waals surface area contributed by atoms with Crippen LogP contribution in [-0.4, -0.2) is 26.2 Å².